The Hall–Kier alpha value is -3.79. The fourth-order valence-electron chi connectivity index (χ4n) is 2.88. The van der Waals surface area contributed by atoms with Gasteiger partial charge in [-0.15, -0.1) is 0 Å². The maximum atomic E-state index is 13.1. The average Bonchev–Trinajstić information content (AvgIpc) is 3.41. The monoisotopic (exact) mass is 420 g/mol. The minimum Gasteiger partial charge on any atom is -0.334 e. The molecule has 0 spiro atoms. The van der Waals surface area contributed by atoms with E-state index in [1.165, 1.54) is 30.1 Å². The van der Waals surface area contributed by atoms with E-state index in [-0.39, 0.29) is 11.4 Å². The minimum absolute atomic E-state index is 0.273. The second-order valence-electron chi connectivity index (χ2n) is 6.31. The lowest BCUT2D eigenvalue weighted by atomic mass is 10.2. The van der Waals surface area contributed by atoms with E-state index >= 15 is 0 Å². The number of hydrogen-bond acceptors (Lipinski definition) is 7. The minimum atomic E-state index is -0.339. The van der Waals surface area contributed by atoms with Crippen LogP contribution < -0.4 is 5.56 Å². The molecule has 0 amide bonds. The Morgan fingerprint density at radius 1 is 1.07 bits per heavy atom. The van der Waals surface area contributed by atoms with Gasteiger partial charge in [0.15, 0.2) is 16.6 Å². The van der Waals surface area contributed by atoms with Crippen molar-refractivity contribution >= 4 is 22.8 Å². The van der Waals surface area contributed by atoms with Crippen molar-refractivity contribution in [1.29, 1.82) is 0 Å². The highest BCUT2D eigenvalue weighted by molar-refractivity contribution is 7.98. The van der Waals surface area contributed by atoms with Crippen LogP contribution in [0.2, 0.25) is 0 Å². The van der Waals surface area contributed by atoms with Crippen LogP contribution in [-0.2, 0) is 5.75 Å². The smallest absolute Gasteiger partial charge is 0.262 e. The fourth-order valence-corrected chi connectivity index (χ4v) is 3.58. The summed E-state index contributed by atoms with van der Waals surface area (Å²) in [6.07, 6.45) is 1.50. The van der Waals surface area contributed by atoms with Crippen molar-refractivity contribution in [1.82, 2.24) is 29.9 Å². The van der Waals surface area contributed by atoms with Crippen molar-refractivity contribution in [3.63, 3.8) is 0 Å². The van der Waals surface area contributed by atoms with E-state index in [1.54, 1.807) is 16.8 Å². The summed E-state index contributed by atoms with van der Waals surface area (Å²) < 4.78 is 19.9. The van der Waals surface area contributed by atoms with E-state index < -0.39 is 0 Å². The fraction of sp³-hybridized carbons (Fsp3) is 0.0500. The lowest BCUT2D eigenvalue weighted by Gasteiger charge is -2.03. The second kappa shape index (κ2) is 7.56. The van der Waals surface area contributed by atoms with Crippen LogP contribution in [0, 0.1) is 5.82 Å². The van der Waals surface area contributed by atoms with Gasteiger partial charge in [-0.05, 0) is 36.4 Å². The molecular formula is C20H13FN6O2S. The molecule has 148 valence electrons. The van der Waals surface area contributed by atoms with Crippen LogP contribution in [0.1, 0.15) is 5.82 Å². The van der Waals surface area contributed by atoms with Crippen molar-refractivity contribution < 1.29 is 8.91 Å². The van der Waals surface area contributed by atoms with Crippen LogP contribution in [0.5, 0.6) is 0 Å². The largest absolute Gasteiger partial charge is 0.334 e. The number of thioether (sulfide) groups is 1. The van der Waals surface area contributed by atoms with Gasteiger partial charge in [-0.2, -0.15) is 10.1 Å². The zero-order valence-corrected chi connectivity index (χ0v) is 16.1. The molecule has 2 aromatic carbocycles. The predicted molar refractivity (Wildman–Crippen MR) is 109 cm³/mol. The molecule has 8 nitrogen and oxygen atoms in total. The molecule has 0 unspecified atom stereocenters. The lowest BCUT2D eigenvalue weighted by molar-refractivity contribution is 0.425. The van der Waals surface area contributed by atoms with Gasteiger partial charge in [0.25, 0.3) is 11.4 Å². The number of hydrogen-bond donors (Lipinski definition) is 1. The summed E-state index contributed by atoms with van der Waals surface area (Å²) in [5, 5.41) is 9.04. The van der Waals surface area contributed by atoms with Gasteiger partial charge in [-0.25, -0.2) is 14.1 Å². The first-order valence-electron chi connectivity index (χ1n) is 8.92. The highest BCUT2D eigenvalue weighted by Crippen LogP contribution is 2.22. The molecule has 0 fully saturated rings. The number of aromatic amines is 1. The van der Waals surface area contributed by atoms with E-state index in [1.807, 2.05) is 30.3 Å². The Balaban J connectivity index is 1.40. The summed E-state index contributed by atoms with van der Waals surface area (Å²) in [5.41, 5.74) is 1.63. The first-order valence-corrected chi connectivity index (χ1v) is 9.91. The summed E-state index contributed by atoms with van der Waals surface area (Å²) in [5.74, 6) is 0.719. The number of fused-ring (bicyclic) bond motifs is 1. The Bertz CT molecular complexity index is 1380. The SMILES string of the molecule is O=c1[nH]c(SCc2noc(-c3ccc(F)cc3)n2)nc2c1cnn2-c1ccccc1. The Morgan fingerprint density at radius 2 is 1.87 bits per heavy atom. The molecule has 0 bridgehead atoms. The molecule has 10 heteroatoms. The number of aromatic nitrogens is 6. The molecule has 0 aliphatic rings. The maximum Gasteiger partial charge on any atom is 0.262 e. The van der Waals surface area contributed by atoms with Crippen molar-refractivity contribution in [2.45, 2.75) is 10.9 Å². The van der Waals surface area contributed by atoms with Gasteiger partial charge in [0.05, 0.1) is 17.6 Å². The first-order chi connectivity index (χ1) is 14.7. The van der Waals surface area contributed by atoms with E-state index in [4.69, 9.17) is 4.52 Å². The summed E-state index contributed by atoms with van der Waals surface area (Å²) in [6, 6.07) is 15.2. The normalized spacial score (nSPS) is 11.2. The molecule has 3 heterocycles. The molecule has 0 aliphatic heterocycles. The molecule has 0 saturated heterocycles. The molecule has 0 radical (unpaired) electrons. The van der Waals surface area contributed by atoms with Crippen LogP contribution >= 0.6 is 11.8 Å². The molecule has 30 heavy (non-hydrogen) atoms. The van der Waals surface area contributed by atoms with E-state index in [2.05, 4.69) is 25.2 Å². The zero-order valence-electron chi connectivity index (χ0n) is 15.3. The molecule has 0 aliphatic carbocycles. The van der Waals surface area contributed by atoms with E-state index in [0.29, 0.717) is 39.2 Å². The number of H-pyrrole nitrogens is 1. The second-order valence-corrected chi connectivity index (χ2v) is 7.28. The van der Waals surface area contributed by atoms with Crippen molar-refractivity contribution in [3.8, 4) is 17.1 Å². The molecule has 5 aromatic rings. The number of nitrogens with one attached hydrogen (secondary N) is 1. The number of benzene rings is 2. The third-order valence-corrected chi connectivity index (χ3v) is 5.18. The summed E-state index contributed by atoms with van der Waals surface area (Å²) in [6.45, 7) is 0. The van der Waals surface area contributed by atoms with Gasteiger partial charge in [-0.3, -0.25) is 4.79 Å². The predicted octanol–water partition coefficient (Wildman–Crippen LogP) is 3.59. The van der Waals surface area contributed by atoms with Crippen molar-refractivity contribution in [2.75, 3.05) is 0 Å². The van der Waals surface area contributed by atoms with Gasteiger partial charge >= 0.3 is 0 Å². The quantitative estimate of drug-likeness (QED) is 0.342. The van der Waals surface area contributed by atoms with Crippen LogP contribution in [0.15, 0.2) is 75.3 Å². The third-order valence-electron chi connectivity index (χ3n) is 4.31. The highest BCUT2D eigenvalue weighted by atomic mass is 32.2. The standard InChI is InChI=1S/C20H13FN6O2S/c21-13-8-6-12(7-9-13)19-23-16(26-29-19)11-30-20-24-17-15(18(28)25-20)10-22-27(17)14-4-2-1-3-5-14/h1-10H,11H2,(H,24,25,28). The van der Waals surface area contributed by atoms with Crippen LogP contribution in [0.3, 0.4) is 0 Å². The van der Waals surface area contributed by atoms with Gasteiger partial charge in [0.1, 0.15) is 11.2 Å². The zero-order chi connectivity index (χ0) is 20.5. The van der Waals surface area contributed by atoms with Crippen LogP contribution in [0.25, 0.3) is 28.2 Å². The van der Waals surface area contributed by atoms with Gasteiger partial charge < -0.3 is 9.51 Å². The van der Waals surface area contributed by atoms with Crippen molar-refractivity contribution in [2.24, 2.45) is 0 Å². The Labute approximate surface area is 172 Å². The van der Waals surface area contributed by atoms with Crippen LogP contribution in [-0.4, -0.2) is 29.9 Å². The summed E-state index contributed by atoms with van der Waals surface area (Å²) >= 11 is 1.27. The molecule has 3 aromatic heterocycles. The van der Waals surface area contributed by atoms with Gasteiger partial charge in [-0.1, -0.05) is 35.1 Å². The highest BCUT2D eigenvalue weighted by Gasteiger charge is 2.14. The Kier molecular flexibility index (Phi) is 4.60. The average molecular weight is 420 g/mol. The number of para-hydroxylation sites is 1. The number of nitrogens with zero attached hydrogens (tertiary/aromatic N) is 5. The molecule has 0 saturated carbocycles. The molecular weight excluding hydrogens is 407 g/mol. The van der Waals surface area contributed by atoms with E-state index in [9.17, 15) is 9.18 Å². The molecule has 0 atom stereocenters. The van der Waals surface area contributed by atoms with Crippen LogP contribution in [0.4, 0.5) is 4.39 Å². The summed E-state index contributed by atoms with van der Waals surface area (Å²) in [4.78, 5) is 24.0. The number of rotatable bonds is 5. The Morgan fingerprint density at radius 3 is 2.67 bits per heavy atom. The molecule has 1 N–H and O–H groups in total. The topological polar surface area (TPSA) is 102 Å². The van der Waals surface area contributed by atoms with Gasteiger partial charge in [0.2, 0.25) is 0 Å². The number of halogens is 1. The lowest BCUT2D eigenvalue weighted by Crippen LogP contribution is -2.09. The van der Waals surface area contributed by atoms with Crippen molar-refractivity contribution in [3.05, 3.63) is 82.8 Å². The molecule has 5 rings (SSSR count). The van der Waals surface area contributed by atoms with Gasteiger partial charge in [0, 0.05) is 5.56 Å². The third kappa shape index (κ3) is 3.48. The maximum absolute atomic E-state index is 13.1. The summed E-state index contributed by atoms with van der Waals surface area (Å²) in [7, 11) is 0. The first kappa shape index (κ1) is 18.3. The van der Waals surface area contributed by atoms with E-state index in [0.717, 1.165) is 5.69 Å².